The Hall–Kier alpha value is -2.80. The van der Waals surface area contributed by atoms with Crippen molar-refractivity contribution in [2.75, 3.05) is 4.90 Å². The molecule has 1 amide bonds. The van der Waals surface area contributed by atoms with Crippen molar-refractivity contribution in [3.63, 3.8) is 0 Å². The van der Waals surface area contributed by atoms with Crippen LogP contribution in [0.3, 0.4) is 0 Å². The van der Waals surface area contributed by atoms with Crippen LogP contribution in [-0.2, 0) is 17.8 Å². The predicted octanol–water partition coefficient (Wildman–Crippen LogP) is 2.65. The minimum absolute atomic E-state index is 0.0126. The zero-order valence-corrected chi connectivity index (χ0v) is 13.4. The van der Waals surface area contributed by atoms with Crippen molar-refractivity contribution in [3.05, 3.63) is 69.8 Å². The molecule has 2 aromatic rings. The van der Waals surface area contributed by atoms with E-state index < -0.39 is 4.92 Å². The number of non-ortho nitro benzene ring substituents is 1. The number of nitro groups is 1. The Balaban J connectivity index is 1.67. The van der Waals surface area contributed by atoms with E-state index in [2.05, 4.69) is 0 Å². The fourth-order valence-corrected chi connectivity index (χ4v) is 3.66. The highest BCUT2D eigenvalue weighted by molar-refractivity contribution is 7.80. The third-order valence-electron chi connectivity index (χ3n) is 4.51. The number of fused-ring (bicyclic) bond motifs is 2. The van der Waals surface area contributed by atoms with Gasteiger partial charge >= 0.3 is 0 Å². The van der Waals surface area contributed by atoms with Gasteiger partial charge in [-0.05, 0) is 35.5 Å². The number of thiocarbonyl (C=S) groups is 1. The van der Waals surface area contributed by atoms with Crippen LogP contribution < -0.4 is 4.90 Å². The molecule has 0 bridgehead atoms. The Morgan fingerprint density at radius 1 is 1.08 bits per heavy atom. The molecule has 0 saturated carbocycles. The van der Waals surface area contributed by atoms with Crippen molar-refractivity contribution in [2.24, 2.45) is 0 Å². The van der Waals surface area contributed by atoms with Crippen LogP contribution in [0.25, 0.3) is 0 Å². The number of anilines is 1. The van der Waals surface area contributed by atoms with Crippen LogP contribution in [0.15, 0.2) is 48.5 Å². The molecule has 2 aliphatic rings. The lowest BCUT2D eigenvalue weighted by Gasteiger charge is -2.30. The van der Waals surface area contributed by atoms with Crippen LogP contribution in [0.5, 0.6) is 0 Å². The second kappa shape index (κ2) is 5.38. The van der Waals surface area contributed by atoms with Crippen LogP contribution in [0, 0.1) is 10.1 Å². The van der Waals surface area contributed by atoms with Gasteiger partial charge in [0.15, 0.2) is 5.11 Å². The third-order valence-corrected chi connectivity index (χ3v) is 4.93. The maximum absolute atomic E-state index is 12.8. The predicted molar refractivity (Wildman–Crippen MR) is 92.7 cm³/mol. The summed E-state index contributed by atoms with van der Waals surface area (Å²) in [5.74, 6) is -0.0802. The molecule has 7 heteroatoms. The summed E-state index contributed by atoms with van der Waals surface area (Å²) in [6, 6.07) is 13.6. The van der Waals surface area contributed by atoms with Crippen molar-refractivity contribution in [2.45, 2.75) is 19.0 Å². The Morgan fingerprint density at radius 3 is 2.42 bits per heavy atom. The normalized spacial score (nSPS) is 19.2. The molecule has 2 aliphatic heterocycles. The molecule has 6 nitrogen and oxygen atoms in total. The SMILES string of the molecule is O=C1C2Cc3ccccc3CN2C(=S)N1c1ccc([N+](=O)[O-])cc1. The number of nitrogens with zero attached hydrogens (tertiary/aromatic N) is 3. The molecule has 2 aromatic carbocycles. The molecule has 0 spiro atoms. The van der Waals surface area contributed by atoms with E-state index in [1.807, 2.05) is 29.2 Å². The first-order valence-electron chi connectivity index (χ1n) is 7.52. The van der Waals surface area contributed by atoms with Gasteiger partial charge in [-0.15, -0.1) is 0 Å². The van der Waals surface area contributed by atoms with Crippen molar-refractivity contribution in [3.8, 4) is 0 Å². The van der Waals surface area contributed by atoms with Gasteiger partial charge in [-0.3, -0.25) is 19.8 Å². The molecule has 1 atom stereocenters. The van der Waals surface area contributed by atoms with Gasteiger partial charge in [0.1, 0.15) is 6.04 Å². The summed E-state index contributed by atoms with van der Waals surface area (Å²) in [6.45, 7) is 0.606. The third kappa shape index (κ3) is 2.16. The van der Waals surface area contributed by atoms with Crippen molar-refractivity contribution in [1.82, 2.24) is 4.90 Å². The fraction of sp³-hybridized carbons (Fsp3) is 0.176. The van der Waals surface area contributed by atoms with Crippen LogP contribution >= 0.6 is 12.2 Å². The highest BCUT2D eigenvalue weighted by Crippen LogP contribution is 2.33. The number of benzene rings is 2. The van der Waals surface area contributed by atoms with E-state index >= 15 is 0 Å². The molecular formula is C17H13N3O3S. The summed E-state index contributed by atoms with van der Waals surface area (Å²) in [6.07, 6.45) is 0.624. The maximum atomic E-state index is 12.8. The monoisotopic (exact) mass is 339 g/mol. The Bertz CT molecular complexity index is 823. The van der Waals surface area contributed by atoms with Gasteiger partial charge in [-0.1, -0.05) is 24.3 Å². The Morgan fingerprint density at radius 2 is 1.75 bits per heavy atom. The van der Waals surface area contributed by atoms with Crippen molar-refractivity contribution < 1.29 is 9.72 Å². The minimum Gasteiger partial charge on any atom is -0.332 e. The van der Waals surface area contributed by atoms with Gasteiger partial charge in [0.05, 0.1) is 10.6 Å². The first-order chi connectivity index (χ1) is 11.6. The second-order valence-electron chi connectivity index (χ2n) is 5.85. The number of amides is 1. The largest absolute Gasteiger partial charge is 0.332 e. The van der Waals surface area contributed by atoms with Crippen molar-refractivity contribution >= 4 is 34.6 Å². The first-order valence-corrected chi connectivity index (χ1v) is 7.93. The highest BCUT2D eigenvalue weighted by atomic mass is 32.1. The summed E-state index contributed by atoms with van der Waals surface area (Å²) in [5.41, 5.74) is 2.89. The Labute approximate surface area is 143 Å². The Kier molecular flexibility index (Phi) is 3.31. The van der Waals surface area contributed by atoms with E-state index in [9.17, 15) is 14.9 Å². The molecule has 4 rings (SSSR count). The van der Waals surface area contributed by atoms with Crippen molar-refractivity contribution in [1.29, 1.82) is 0 Å². The topological polar surface area (TPSA) is 66.7 Å². The first kappa shape index (κ1) is 14.8. The second-order valence-corrected chi connectivity index (χ2v) is 6.21. The van der Waals surface area contributed by atoms with Crippen LogP contribution in [0.2, 0.25) is 0 Å². The summed E-state index contributed by atoms with van der Waals surface area (Å²) in [5, 5.41) is 11.2. The molecule has 120 valence electrons. The summed E-state index contributed by atoms with van der Waals surface area (Å²) in [7, 11) is 0. The van der Waals surface area contributed by atoms with Gasteiger partial charge in [0.25, 0.3) is 11.6 Å². The zero-order chi connectivity index (χ0) is 16.8. The number of rotatable bonds is 2. The molecule has 1 saturated heterocycles. The van der Waals surface area contributed by atoms with Gasteiger partial charge in [0.2, 0.25) is 0 Å². The van der Waals surface area contributed by atoms with Gasteiger partial charge in [-0.25, -0.2) is 0 Å². The van der Waals surface area contributed by atoms with E-state index in [1.165, 1.54) is 28.2 Å². The summed E-state index contributed by atoms with van der Waals surface area (Å²) < 4.78 is 0. The van der Waals surface area contributed by atoms with Crippen LogP contribution in [0.1, 0.15) is 11.1 Å². The standard InChI is InChI=1S/C17H13N3O3S/c21-16-15-9-11-3-1-2-4-12(11)10-18(15)17(24)19(16)13-5-7-14(8-6-13)20(22)23/h1-8,15H,9-10H2. The van der Waals surface area contributed by atoms with E-state index in [1.54, 1.807) is 12.1 Å². The van der Waals surface area contributed by atoms with Gasteiger partial charge < -0.3 is 4.90 Å². The summed E-state index contributed by atoms with van der Waals surface area (Å²) >= 11 is 5.51. The fourth-order valence-electron chi connectivity index (χ4n) is 3.28. The van der Waals surface area contributed by atoms with Gasteiger partial charge in [0, 0.05) is 25.1 Å². The van der Waals surface area contributed by atoms with E-state index in [0.717, 1.165) is 0 Å². The molecule has 1 fully saturated rings. The number of nitro benzene ring substituents is 1. The molecule has 0 aliphatic carbocycles. The lowest BCUT2D eigenvalue weighted by atomic mass is 9.95. The maximum Gasteiger partial charge on any atom is 0.269 e. The lowest BCUT2D eigenvalue weighted by Crippen LogP contribution is -2.39. The van der Waals surface area contributed by atoms with E-state index in [4.69, 9.17) is 12.2 Å². The molecule has 0 aromatic heterocycles. The number of carbonyl (C=O) groups excluding carboxylic acids is 1. The van der Waals surface area contributed by atoms with Crippen LogP contribution in [-0.4, -0.2) is 26.9 Å². The van der Waals surface area contributed by atoms with Gasteiger partial charge in [-0.2, -0.15) is 0 Å². The molecule has 1 unspecified atom stereocenters. The number of carbonyl (C=O) groups is 1. The highest BCUT2D eigenvalue weighted by Gasteiger charge is 2.45. The van der Waals surface area contributed by atoms with Crippen LogP contribution in [0.4, 0.5) is 11.4 Å². The molecule has 2 heterocycles. The molecule has 0 radical (unpaired) electrons. The molecule has 24 heavy (non-hydrogen) atoms. The number of hydrogen-bond acceptors (Lipinski definition) is 4. The smallest absolute Gasteiger partial charge is 0.269 e. The minimum atomic E-state index is -0.464. The molecule has 0 N–H and O–H groups in total. The van der Waals surface area contributed by atoms with E-state index in [-0.39, 0.29) is 17.6 Å². The average Bonchev–Trinajstić information content (AvgIpc) is 2.84. The lowest BCUT2D eigenvalue weighted by molar-refractivity contribution is -0.384. The quantitative estimate of drug-likeness (QED) is 0.478. The zero-order valence-electron chi connectivity index (χ0n) is 12.6. The van der Waals surface area contributed by atoms with E-state index in [0.29, 0.717) is 23.8 Å². The average molecular weight is 339 g/mol. The molecular weight excluding hydrogens is 326 g/mol. The summed E-state index contributed by atoms with van der Waals surface area (Å²) in [4.78, 5) is 26.6. The number of hydrogen-bond donors (Lipinski definition) is 0.